The Hall–Kier alpha value is -1.10. The standard InChI is InChI=1S/C14H19ClN2O2/c1-9-4-5-10(15)6-12(9)17-8-11(7-16)19-14(2,3)13(17)18/h4-6,11H,7-8,16H2,1-3H3. The van der Waals surface area contributed by atoms with E-state index in [1.165, 1.54) is 0 Å². The summed E-state index contributed by atoms with van der Waals surface area (Å²) in [7, 11) is 0. The summed E-state index contributed by atoms with van der Waals surface area (Å²) < 4.78 is 5.71. The second-order valence-corrected chi connectivity index (χ2v) is 5.77. The highest BCUT2D eigenvalue weighted by Gasteiger charge is 2.41. The van der Waals surface area contributed by atoms with E-state index >= 15 is 0 Å². The van der Waals surface area contributed by atoms with Gasteiger partial charge in [0, 0.05) is 17.3 Å². The SMILES string of the molecule is Cc1ccc(Cl)cc1N1CC(CN)OC(C)(C)C1=O. The van der Waals surface area contributed by atoms with E-state index in [2.05, 4.69) is 0 Å². The Labute approximate surface area is 118 Å². The second kappa shape index (κ2) is 5.12. The largest absolute Gasteiger partial charge is 0.359 e. The number of ether oxygens (including phenoxy) is 1. The summed E-state index contributed by atoms with van der Waals surface area (Å²) in [5.41, 5.74) is 6.66. The molecule has 1 atom stereocenters. The summed E-state index contributed by atoms with van der Waals surface area (Å²) in [6.45, 7) is 6.33. The Morgan fingerprint density at radius 2 is 2.21 bits per heavy atom. The van der Waals surface area contributed by atoms with Crippen molar-refractivity contribution in [2.45, 2.75) is 32.5 Å². The number of aryl methyl sites for hydroxylation is 1. The predicted molar refractivity (Wildman–Crippen MR) is 76.5 cm³/mol. The number of carbonyl (C=O) groups excluding carboxylic acids is 1. The Bertz CT molecular complexity index is 502. The number of rotatable bonds is 2. The fourth-order valence-electron chi connectivity index (χ4n) is 2.32. The zero-order valence-corrected chi connectivity index (χ0v) is 12.2. The van der Waals surface area contributed by atoms with E-state index in [0.29, 0.717) is 18.1 Å². The van der Waals surface area contributed by atoms with Gasteiger partial charge in [0.25, 0.3) is 5.91 Å². The topological polar surface area (TPSA) is 55.6 Å². The Morgan fingerprint density at radius 1 is 1.53 bits per heavy atom. The molecule has 104 valence electrons. The molecule has 0 spiro atoms. The van der Waals surface area contributed by atoms with Gasteiger partial charge in [-0.1, -0.05) is 17.7 Å². The zero-order chi connectivity index (χ0) is 14.2. The smallest absolute Gasteiger partial charge is 0.258 e. The van der Waals surface area contributed by atoms with Gasteiger partial charge < -0.3 is 15.4 Å². The maximum absolute atomic E-state index is 12.5. The van der Waals surface area contributed by atoms with Crippen LogP contribution in [0.25, 0.3) is 0 Å². The maximum atomic E-state index is 12.5. The van der Waals surface area contributed by atoms with Gasteiger partial charge >= 0.3 is 0 Å². The molecular weight excluding hydrogens is 264 g/mol. The summed E-state index contributed by atoms with van der Waals surface area (Å²) in [5, 5.41) is 0.613. The van der Waals surface area contributed by atoms with Crippen molar-refractivity contribution in [1.29, 1.82) is 0 Å². The molecule has 0 aliphatic carbocycles. The molecule has 1 aromatic rings. The molecule has 0 bridgehead atoms. The Balaban J connectivity index is 2.41. The van der Waals surface area contributed by atoms with E-state index < -0.39 is 5.60 Å². The van der Waals surface area contributed by atoms with Gasteiger partial charge in [-0.05, 0) is 38.5 Å². The van der Waals surface area contributed by atoms with Crippen LogP contribution in [0.15, 0.2) is 18.2 Å². The third-order valence-electron chi connectivity index (χ3n) is 3.33. The molecule has 19 heavy (non-hydrogen) atoms. The van der Waals surface area contributed by atoms with E-state index in [9.17, 15) is 4.79 Å². The quantitative estimate of drug-likeness (QED) is 0.904. The average molecular weight is 283 g/mol. The van der Waals surface area contributed by atoms with Crippen LogP contribution >= 0.6 is 11.6 Å². The van der Waals surface area contributed by atoms with Gasteiger partial charge in [0.1, 0.15) is 5.60 Å². The van der Waals surface area contributed by atoms with Crippen LogP contribution in [0.1, 0.15) is 19.4 Å². The number of amides is 1. The van der Waals surface area contributed by atoms with Crippen LogP contribution in [0.4, 0.5) is 5.69 Å². The van der Waals surface area contributed by atoms with E-state index in [4.69, 9.17) is 22.1 Å². The first-order chi connectivity index (χ1) is 8.85. The molecule has 4 nitrogen and oxygen atoms in total. The van der Waals surface area contributed by atoms with Crippen molar-refractivity contribution in [1.82, 2.24) is 0 Å². The number of nitrogens with zero attached hydrogens (tertiary/aromatic N) is 1. The molecule has 0 aromatic heterocycles. The van der Waals surface area contributed by atoms with Gasteiger partial charge in [-0.3, -0.25) is 4.79 Å². The maximum Gasteiger partial charge on any atom is 0.258 e. The third-order valence-corrected chi connectivity index (χ3v) is 3.57. The Kier molecular flexibility index (Phi) is 3.85. The summed E-state index contributed by atoms with van der Waals surface area (Å²) in [4.78, 5) is 14.2. The first kappa shape index (κ1) is 14.3. The van der Waals surface area contributed by atoms with Gasteiger partial charge in [0.15, 0.2) is 0 Å². The van der Waals surface area contributed by atoms with Crippen molar-refractivity contribution in [3.05, 3.63) is 28.8 Å². The van der Waals surface area contributed by atoms with E-state index in [-0.39, 0.29) is 12.0 Å². The monoisotopic (exact) mass is 282 g/mol. The van der Waals surface area contributed by atoms with E-state index in [1.54, 1.807) is 18.7 Å². The second-order valence-electron chi connectivity index (χ2n) is 5.33. The number of hydrogen-bond donors (Lipinski definition) is 1. The van der Waals surface area contributed by atoms with Crippen molar-refractivity contribution in [3.63, 3.8) is 0 Å². The number of anilines is 1. The minimum Gasteiger partial charge on any atom is -0.359 e. The lowest BCUT2D eigenvalue weighted by atomic mass is 10.0. The summed E-state index contributed by atoms with van der Waals surface area (Å²) in [6, 6.07) is 5.53. The van der Waals surface area contributed by atoms with Crippen LogP contribution in [-0.4, -0.2) is 30.7 Å². The molecule has 5 heteroatoms. The van der Waals surface area contributed by atoms with Crippen LogP contribution in [-0.2, 0) is 9.53 Å². The molecule has 1 heterocycles. The van der Waals surface area contributed by atoms with Crippen molar-refractivity contribution < 1.29 is 9.53 Å². The molecule has 1 saturated heterocycles. The highest BCUT2D eigenvalue weighted by Crippen LogP contribution is 2.31. The number of halogens is 1. The molecule has 1 amide bonds. The van der Waals surface area contributed by atoms with Crippen LogP contribution < -0.4 is 10.6 Å². The van der Waals surface area contributed by atoms with Gasteiger partial charge in [-0.2, -0.15) is 0 Å². The van der Waals surface area contributed by atoms with Crippen molar-refractivity contribution in [3.8, 4) is 0 Å². The number of carbonyl (C=O) groups is 1. The number of benzene rings is 1. The molecule has 0 radical (unpaired) electrons. The number of morpholine rings is 1. The predicted octanol–water partition coefficient (Wildman–Crippen LogP) is 2.12. The Morgan fingerprint density at radius 3 is 2.84 bits per heavy atom. The van der Waals surface area contributed by atoms with E-state index in [0.717, 1.165) is 11.3 Å². The molecule has 1 unspecified atom stereocenters. The van der Waals surface area contributed by atoms with E-state index in [1.807, 2.05) is 25.1 Å². The summed E-state index contributed by atoms with van der Waals surface area (Å²) in [6.07, 6.45) is -0.161. The lowest BCUT2D eigenvalue weighted by molar-refractivity contribution is -0.153. The molecule has 2 rings (SSSR count). The average Bonchev–Trinajstić information content (AvgIpc) is 2.35. The fraction of sp³-hybridized carbons (Fsp3) is 0.500. The molecule has 2 N–H and O–H groups in total. The van der Waals surface area contributed by atoms with Crippen molar-refractivity contribution in [2.24, 2.45) is 5.73 Å². The molecule has 1 aromatic carbocycles. The molecule has 1 aliphatic heterocycles. The van der Waals surface area contributed by atoms with Crippen LogP contribution in [0.3, 0.4) is 0 Å². The van der Waals surface area contributed by atoms with Crippen molar-refractivity contribution in [2.75, 3.05) is 18.0 Å². The fourth-order valence-corrected chi connectivity index (χ4v) is 2.49. The summed E-state index contributed by atoms with van der Waals surface area (Å²) >= 11 is 6.03. The van der Waals surface area contributed by atoms with Gasteiger partial charge in [-0.25, -0.2) is 0 Å². The highest BCUT2D eigenvalue weighted by molar-refractivity contribution is 6.31. The van der Waals surface area contributed by atoms with Crippen LogP contribution in [0.5, 0.6) is 0 Å². The van der Waals surface area contributed by atoms with Crippen LogP contribution in [0.2, 0.25) is 5.02 Å². The van der Waals surface area contributed by atoms with Gasteiger partial charge in [0.2, 0.25) is 0 Å². The van der Waals surface area contributed by atoms with Crippen molar-refractivity contribution >= 4 is 23.2 Å². The first-order valence-electron chi connectivity index (χ1n) is 6.31. The molecule has 1 fully saturated rings. The van der Waals surface area contributed by atoms with Gasteiger partial charge in [-0.15, -0.1) is 0 Å². The number of hydrogen-bond acceptors (Lipinski definition) is 3. The van der Waals surface area contributed by atoms with Crippen LogP contribution in [0, 0.1) is 6.92 Å². The normalized spacial score (nSPS) is 22.7. The molecular formula is C14H19ClN2O2. The lowest BCUT2D eigenvalue weighted by Crippen LogP contribution is -2.59. The lowest BCUT2D eigenvalue weighted by Gasteiger charge is -2.42. The molecule has 1 aliphatic rings. The minimum absolute atomic E-state index is 0.0671. The first-order valence-corrected chi connectivity index (χ1v) is 6.69. The highest BCUT2D eigenvalue weighted by atomic mass is 35.5. The number of nitrogens with two attached hydrogens (primary N) is 1. The third kappa shape index (κ3) is 2.76. The molecule has 0 saturated carbocycles. The van der Waals surface area contributed by atoms with Gasteiger partial charge in [0.05, 0.1) is 12.6 Å². The minimum atomic E-state index is -0.864. The zero-order valence-electron chi connectivity index (χ0n) is 11.4. The summed E-state index contributed by atoms with van der Waals surface area (Å²) in [5.74, 6) is -0.0671.